The fourth-order valence-electron chi connectivity index (χ4n) is 0.791. The van der Waals surface area contributed by atoms with E-state index in [1.54, 1.807) is 0 Å². The number of carbonyl (C=O) groups excluding carboxylic acids is 1. The van der Waals surface area contributed by atoms with Crippen LogP contribution in [0.1, 0.15) is 45.4 Å². The predicted molar refractivity (Wildman–Crippen MR) is 55.1 cm³/mol. The van der Waals surface area contributed by atoms with Crippen molar-refractivity contribution in [1.29, 1.82) is 0 Å². The van der Waals surface area contributed by atoms with E-state index >= 15 is 0 Å². The van der Waals surface area contributed by atoms with Crippen LogP contribution < -0.4 is 5.11 Å². The van der Waals surface area contributed by atoms with Gasteiger partial charge in [-0.05, 0) is 0 Å². The standard InChI is InChI=1S/C8H15O2.C3H7O.Au/c1-2-3-4-5-6-7-8(9)10;1-2-3-4;/h7H,2-6H2,1H3,(H,9,10);4H,1-3H2;/q2*-1;/p-1. The fourth-order valence-corrected chi connectivity index (χ4v) is 0.791. The number of hydrogen-bond acceptors (Lipinski definition) is 3. The van der Waals surface area contributed by atoms with Gasteiger partial charge in [0, 0.05) is 29.0 Å². The van der Waals surface area contributed by atoms with Crippen molar-refractivity contribution in [1.82, 2.24) is 0 Å². The molecule has 0 spiro atoms. The van der Waals surface area contributed by atoms with E-state index in [1.165, 1.54) is 19.3 Å². The van der Waals surface area contributed by atoms with Gasteiger partial charge in [0.15, 0.2) is 0 Å². The molecule has 0 aromatic rings. The van der Waals surface area contributed by atoms with Crippen LogP contribution in [-0.2, 0) is 27.2 Å². The van der Waals surface area contributed by atoms with Crippen LogP contribution in [0.2, 0.25) is 0 Å². The average Bonchev–Trinajstić information content (AvgIpc) is 2.18. The summed E-state index contributed by atoms with van der Waals surface area (Å²) in [5.41, 5.74) is 0. The van der Waals surface area contributed by atoms with Crippen molar-refractivity contribution >= 4 is 5.97 Å². The Morgan fingerprint density at radius 3 is 2.27 bits per heavy atom. The average molecular weight is 398 g/mol. The second kappa shape index (κ2) is 19.6. The molecule has 15 heavy (non-hydrogen) atoms. The molecule has 0 amide bonds. The third kappa shape index (κ3) is 31.5. The SMILES string of the molecule is CCCCCC[CH-]C(=O)[O-].[Au].[CH2-]CCO. The van der Waals surface area contributed by atoms with Crippen LogP contribution in [0.5, 0.6) is 0 Å². The fraction of sp³-hybridized carbons (Fsp3) is 0.727. The molecule has 0 aliphatic carbocycles. The third-order valence-electron chi connectivity index (χ3n) is 1.53. The molecule has 0 aromatic carbocycles. The zero-order valence-electron chi connectivity index (χ0n) is 9.30. The third-order valence-corrected chi connectivity index (χ3v) is 1.53. The summed E-state index contributed by atoms with van der Waals surface area (Å²) in [4.78, 5) is 9.87. The Hall–Kier alpha value is 0.0403. The Morgan fingerprint density at radius 1 is 1.40 bits per heavy atom. The Bertz CT molecular complexity index is 116. The number of aliphatic hydroxyl groups excluding tert-OH is 1. The van der Waals surface area contributed by atoms with Crippen LogP contribution in [0.3, 0.4) is 0 Å². The molecule has 0 atom stereocenters. The molecule has 97 valence electrons. The van der Waals surface area contributed by atoms with Crippen molar-refractivity contribution in [2.75, 3.05) is 6.61 Å². The van der Waals surface area contributed by atoms with Gasteiger partial charge in [-0.25, -0.2) is 0 Å². The summed E-state index contributed by atoms with van der Waals surface area (Å²) < 4.78 is 0. The molecule has 0 saturated heterocycles. The number of carbonyl (C=O) groups is 1. The molecule has 1 N–H and O–H groups in total. The Morgan fingerprint density at radius 2 is 1.93 bits per heavy atom. The Labute approximate surface area is 109 Å². The van der Waals surface area contributed by atoms with Crippen molar-refractivity contribution in [2.24, 2.45) is 0 Å². The van der Waals surface area contributed by atoms with Crippen LogP contribution in [-0.4, -0.2) is 17.7 Å². The molecule has 0 aromatic heterocycles. The van der Waals surface area contributed by atoms with Crippen molar-refractivity contribution in [3.8, 4) is 0 Å². The van der Waals surface area contributed by atoms with E-state index in [-0.39, 0.29) is 29.0 Å². The second-order valence-corrected chi connectivity index (χ2v) is 2.95. The summed E-state index contributed by atoms with van der Waals surface area (Å²) in [5.74, 6) is -1.04. The number of hydrogen-bond donors (Lipinski definition) is 1. The van der Waals surface area contributed by atoms with Crippen molar-refractivity contribution in [3.63, 3.8) is 0 Å². The molecular formula is C11H21AuO3-3. The van der Waals surface area contributed by atoms with Gasteiger partial charge in [0.1, 0.15) is 0 Å². The van der Waals surface area contributed by atoms with Crippen molar-refractivity contribution in [2.45, 2.75) is 45.4 Å². The van der Waals surface area contributed by atoms with Crippen molar-refractivity contribution in [3.05, 3.63) is 13.3 Å². The van der Waals surface area contributed by atoms with E-state index in [9.17, 15) is 9.90 Å². The van der Waals surface area contributed by atoms with Crippen molar-refractivity contribution < 1.29 is 37.4 Å². The van der Waals surface area contributed by atoms with Gasteiger partial charge >= 0.3 is 0 Å². The van der Waals surface area contributed by atoms with E-state index in [4.69, 9.17) is 5.11 Å². The zero-order valence-corrected chi connectivity index (χ0v) is 11.5. The molecule has 0 bridgehead atoms. The smallest absolute Gasteiger partial charge is 0.0159 e. The molecule has 0 unspecified atom stereocenters. The molecule has 0 aliphatic rings. The van der Waals surface area contributed by atoms with Gasteiger partial charge < -0.3 is 28.4 Å². The van der Waals surface area contributed by atoms with E-state index in [1.807, 2.05) is 0 Å². The maximum atomic E-state index is 9.87. The van der Waals surface area contributed by atoms with Gasteiger partial charge in [0.05, 0.1) is 0 Å². The number of rotatable bonds is 7. The van der Waals surface area contributed by atoms with Gasteiger partial charge in [0.2, 0.25) is 0 Å². The van der Waals surface area contributed by atoms with E-state index < -0.39 is 5.97 Å². The summed E-state index contributed by atoms with van der Waals surface area (Å²) in [6, 6.07) is 0. The van der Waals surface area contributed by atoms with Gasteiger partial charge in [-0.3, -0.25) is 0 Å². The molecule has 1 radical (unpaired) electrons. The summed E-state index contributed by atoms with van der Waals surface area (Å²) in [5, 5.41) is 17.7. The molecule has 3 nitrogen and oxygen atoms in total. The number of unbranched alkanes of at least 4 members (excludes halogenated alkanes) is 4. The maximum Gasteiger partial charge on any atom is 0.0159 e. The molecule has 0 rings (SSSR count). The molecule has 4 heteroatoms. The van der Waals surface area contributed by atoms with Crippen LogP contribution in [0, 0.1) is 13.3 Å². The van der Waals surface area contributed by atoms with Gasteiger partial charge in [-0.2, -0.15) is 12.8 Å². The molecule has 0 heterocycles. The number of aliphatic carboxylic acids is 1. The first-order valence-corrected chi connectivity index (χ1v) is 5.13. The van der Waals surface area contributed by atoms with E-state index in [0.717, 1.165) is 12.8 Å². The number of carboxylic acid groups (broad SMARTS) is 1. The topological polar surface area (TPSA) is 60.4 Å². The largest absolute Gasteiger partial charge is 0.584 e. The van der Waals surface area contributed by atoms with E-state index in [2.05, 4.69) is 13.8 Å². The minimum atomic E-state index is -1.04. The first-order chi connectivity index (χ1) is 6.68. The molecule has 0 fully saturated rings. The minimum Gasteiger partial charge on any atom is -0.584 e. The molecule has 0 aliphatic heterocycles. The monoisotopic (exact) mass is 398 g/mol. The van der Waals surface area contributed by atoms with Gasteiger partial charge in [0.25, 0.3) is 0 Å². The Balaban J connectivity index is -0.000000249. The van der Waals surface area contributed by atoms with Gasteiger partial charge in [-0.1, -0.05) is 38.6 Å². The molecule has 0 saturated carbocycles. The van der Waals surface area contributed by atoms with Crippen LogP contribution in [0.25, 0.3) is 0 Å². The van der Waals surface area contributed by atoms with Crippen LogP contribution in [0.15, 0.2) is 0 Å². The zero-order chi connectivity index (χ0) is 11.2. The normalized spacial score (nSPS) is 8.20. The summed E-state index contributed by atoms with van der Waals surface area (Å²) in [6.45, 7) is 5.69. The van der Waals surface area contributed by atoms with Crippen LogP contribution >= 0.6 is 0 Å². The van der Waals surface area contributed by atoms with Gasteiger partial charge in [-0.15, -0.1) is 0 Å². The summed E-state index contributed by atoms with van der Waals surface area (Å²) >= 11 is 0. The number of carboxylic acids is 1. The quantitative estimate of drug-likeness (QED) is 0.397. The predicted octanol–water partition coefficient (Wildman–Crippen LogP) is 1.11. The number of aliphatic hydroxyl groups is 1. The van der Waals surface area contributed by atoms with Crippen LogP contribution in [0.4, 0.5) is 0 Å². The first-order valence-electron chi connectivity index (χ1n) is 5.13. The van der Waals surface area contributed by atoms with E-state index in [0.29, 0.717) is 12.8 Å². The molecular weight excluding hydrogens is 377 g/mol. The first kappa shape index (κ1) is 20.5. The minimum absolute atomic E-state index is 0. The summed E-state index contributed by atoms with van der Waals surface area (Å²) in [7, 11) is 0. The summed E-state index contributed by atoms with van der Waals surface area (Å²) in [6.07, 6.45) is 6.98. The second-order valence-electron chi connectivity index (χ2n) is 2.95. The maximum absolute atomic E-state index is 9.87. The Kier molecular flexibility index (Phi) is 26.7.